The molecule has 4 heterocycles. The maximum atomic E-state index is 13.2. The molecule has 0 spiro atoms. The number of halogens is 1. The highest BCUT2D eigenvalue weighted by Gasteiger charge is 2.31. The van der Waals surface area contributed by atoms with Gasteiger partial charge in [0.2, 0.25) is 0 Å². The lowest BCUT2D eigenvalue weighted by Crippen LogP contribution is -2.48. The smallest absolute Gasteiger partial charge is 0.265 e. The highest BCUT2D eigenvalue weighted by atomic mass is 35.5. The highest BCUT2D eigenvalue weighted by Crippen LogP contribution is 2.30. The summed E-state index contributed by atoms with van der Waals surface area (Å²) in [5.74, 6) is -0.279. The van der Waals surface area contributed by atoms with E-state index in [1.807, 2.05) is 41.6 Å². The van der Waals surface area contributed by atoms with Gasteiger partial charge in [-0.15, -0.1) is 11.3 Å². The lowest BCUT2D eigenvalue weighted by Gasteiger charge is -2.36. The highest BCUT2D eigenvalue weighted by molar-refractivity contribution is 7.18. The summed E-state index contributed by atoms with van der Waals surface area (Å²) in [6.45, 7) is 5.90. The van der Waals surface area contributed by atoms with Crippen molar-refractivity contribution in [3.8, 4) is 0 Å². The molecule has 1 N–H and O–H groups in total. The maximum absolute atomic E-state index is 13.2. The number of thiophene rings is 1. The summed E-state index contributed by atoms with van der Waals surface area (Å²) in [4.78, 5) is 37.0. The molecule has 1 saturated heterocycles. The van der Waals surface area contributed by atoms with Crippen molar-refractivity contribution in [1.82, 2.24) is 14.8 Å². The molecule has 170 valence electrons. The minimum absolute atomic E-state index is 0.0273. The van der Waals surface area contributed by atoms with Crippen LogP contribution in [0.5, 0.6) is 0 Å². The molecule has 9 heteroatoms. The zero-order chi connectivity index (χ0) is 22.8. The Morgan fingerprint density at radius 1 is 1.03 bits per heavy atom. The topological polar surface area (TPSA) is 68.8 Å². The van der Waals surface area contributed by atoms with Crippen LogP contribution in [0.2, 0.25) is 4.34 Å². The van der Waals surface area contributed by atoms with Crippen molar-refractivity contribution in [2.45, 2.75) is 6.54 Å². The number of nitrogens with one attached hydrogen (secondary N) is 1. The number of hydrogen-bond donors (Lipinski definition) is 1. The van der Waals surface area contributed by atoms with Gasteiger partial charge in [-0.25, -0.2) is 0 Å². The van der Waals surface area contributed by atoms with Crippen molar-refractivity contribution in [2.75, 3.05) is 49.5 Å². The van der Waals surface area contributed by atoms with E-state index in [0.717, 1.165) is 38.3 Å². The number of piperazine rings is 1. The lowest BCUT2D eigenvalue weighted by molar-refractivity contribution is 0.0757. The average molecular weight is 482 g/mol. The van der Waals surface area contributed by atoms with Gasteiger partial charge in [-0.1, -0.05) is 23.7 Å². The third-order valence-electron chi connectivity index (χ3n) is 6.14. The molecule has 0 saturated carbocycles. The number of amides is 2. The fraction of sp³-hybridized carbons (Fsp3) is 0.292. The molecule has 33 heavy (non-hydrogen) atoms. The van der Waals surface area contributed by atoms with E-state index in [0.29, 0.717) is 33.6 Å². The van der Waals surface area contributed by atoms with Gasteiger partial charge in [-0.3, -0.25) is 19.5 Å². The van der Waals surface area contributed by atoms with E-state index in [-0.39, 0.29) is 11.8 Å². The predicted molar refractivity (Wildman–Crippen MR) is 131 cm³/mol. The van der Waals surface area contributed by atoms with E-state index in [1.54, 1.807) is 18.2 Å². The molecule has 0 radical (unpaired) electrons. The van der Waals surface area contributed by atoms with E-state index >= 15 is 0 Å². The maximum Gasteiger partial charge on any atom is 0.265 e. The second-order valence-electron chi connectivity index (χ2n) is 8.16. The molecule has 2 aromatic heterocycles. The van der Waals surface area contributed by atoms with Crippen LogP contribution in [0.1, 0.15) is 25.6 Å². The number of pyridine rings is 1. The first-order valence-corrected chi connectivity index (χ1v) is 12.1. The SMILES string of the molecule is O=C(Nc1cccc2c1C(=O)N(CCN1CCN(c3ccncc3)CC1)C2)c1ccc(Cl)s1. The van der Waals surface area contributed by atoms with Crippen molar-refractivity contribution in [1.29, 1.82) is 0 Å². The molecular formula is C24H24ClN5O2S. The van der Waals surface area contributed by atoms with Crippen molar-refractivity contribution in [3.05, 3.63) is 75.2 Å². The summed E-state index contributed by atoms with van der Waals surface area (Å²) in [5.41, 5.74) is 3.30. The number of carbonyl (C=O) groups is 2. The number of hydrogen-bond acceptors (Lipinski definition) is 6. The normalized spacial score (nSPS) is 16.2. The van der Waals surface area contributed by atoms with Crippen LogP contribution in [0.15, 0.2) is 54.9 Å². The summed E-state index contributed by atoms with van der Waals surface area (Å²) in [6.07, 6.45) is 3.65. The molecule has 5 rings (SSSR count). The summed E-state index contributed by atoms with van der Waals surface area (Å²) in [7, 11) is 0. The van der Waals surface area contributed by atoms with Crippen LogP contribution in [-0.4, -0.2) is 65.9 Å². The first-order valence-electron chi connectivity index (χ1n) is 10.9. The van der Waals surface area contributed by atoms with Gasteiger partial charge in [0.1, 0.15) is 0 Å². The van der Waals surface area contributed by atoms with Gasteiger partial charge < -0.3 is 15.1 Å². The second-order valence-corrected chi connectivity index (χ2v) is 9.87. The van der Waals surface area contributed by atoms with Crippen LogP contribution < -0.4 is 10.2 Å². The van der Waals surface area contributed by atoms with Crippen LogP contribution in [-0.2, 0) is 6.54 Å². The molecule has 2 aliphatic heterocycles. The lowest BCUT2D eigenvalue weighted by atomic mass is 10.1. The fourth-order valence-corrected chi connectivity index (χ4v) is 5.31. The third-order valence-corrected chi connectivity index (χ3v) is 7.37. The van der Waals surface area contributed by atoms with E-state index < -0.39 is 0 Å². The number of rotatable bonds is 6. The zero-order valence-electron chi connectivity index (χ0n) is 18.0. The number of aromatic nitrogens is 1. The summed E-state index contributed by atoms with van der Waals surface area (Å²) in [6, 6.07) is 13.1. The van der Waals surface area contributed by atoms with Crippen LogP contribution in [0.4, 0.5) is 11.4 Å². The Bertz CT molecular complexity index is 1160. The van der Waals surface area contributed by atoms with Crippen molar-refractivity contribution in [2.24, 2.45) is 0 Å². The van der Waals surface area contributed by atoms with Crippen molar-refractivity contribution in [3.63, 3.8) is 0 Å². The van der Waals surface area contributed by atoms with Gasteiger partial charge >= 0.3 is 0 Å². The first kappa shape index (κ1) is 21.9. The molecule has 7 nitrogen and oxygen atoms in total. The standard InChI is InChI=1S/C24H24ClN5O2S/c25-21-5-4-20(33-21)23(31)27-19-3-1-2-17-16-30(24(32)22(17)19)15-12-28-10-13-29(14-11-28)18-6-8-26-9-7-18/h1-9H,10-16H2,(H,27,31). The largest absolute Gasteiger partial charge is 0.369 e. The number of nitrogens with zero attached hydrogens (tertiary/aromatic N) is 4. The van der Waals surface area contributed by atoms with E-state index in [2.05, 4.69) is 20.1 Å². The van der Waals surface area contributed by atoms with Gasteiger partial charge in [0.25, 0.3) is 11.8 Å². The van der Waals surface area contributed by atoms with Crippen molar-refractivity contribution < 1.29 is 9.59 Å². The van der Waals surface area contributed by atoms with Gasteiger partial charge in [0.15, 0.2) is 0 Å². The number of benzene rings is 1. The molecule has 3 aromatic rings. The minimum atomic E-state index is -0.251. The van der Waals surface area contributed by atoms with Crippen LogP contribution in [0.3, 0.4) is 0 Å². The Morgan fingerprint density at radius 3 is 2.55 bits per heavy atom. The zero-order valence-corrected chi connectivity index (χ0v) is 19.6. The predicted octanol–water partition coefficient (Wildman–Crippen LogP) is 3.83. The molecule has 0 unspecified atom stereocenters. The van der Waals surface area contributed by atoms with Gasteiger partial charge in [-0.2, -0.15) is 0 Å². The quantitative estimate of drug-likeness (QED) is 0.579. The van der Waals surface area contributed by atoms with Crippen molar-refractivity contribution >= 4 is 46.1 Å². The molecule has 1 aromatic carbocycles. The monoisotopic (exact) mass is 481 g/mol. The Hall–Kier alpha value is -2.94. The van der Waals surface area contributed by atoms with Gasteiger partial charge in [0, 0.05) is 63.9 Å². The van der Waals surface area contributed by atoms with E-state index in [9.17, 15) is 9.59 Å². The molecule has 1 fully saturated rings. The first-order chi connectivity index (χ1) is 16.1. The Labute approximate surface area is 201 Å². The molecule has 0 aliphatic carbocycles. The summed E-state index contributed by atoms with van der Waals surface area (Å²) < 4.78 is 0.558. The number of carbonyl (C=O) groups excluding carboxylic acids is 2. The minimum Gasteiger partial charge on any atom is -0.369 e. The molecular weight excluding hydrogens is 458 g/mol. The van der Waals surface area contributed by atoms with Gasteiger partial charge in [0.05, 0.1) is 20.5 Å². The molecule has 0 bridgehead atoms. The van der Waals surface area contributed by atoms with Crippen LogP contribution in [0, 0.1) is 0 Å². The molecule has 2 aliphatic rings. The summed E-state index contributed by atoms with van der Waals surface area (Å²) >= 11 is 7.17. The average Bonchev–Trinajstić information content (AvgIpc) is 3.42. The molecule has 0 atom stereocenters. The van der Waals surface area contributed by atoms with Crippen LogP contribution in [0.25, 0.3) is 0 Å². The van der Waals surface area contributed by atoms with Crippen LogP contribution >= 0.6 is 22.9 Å². The third kappa shape index (κ3) is 4.73. The van der Waals surface area contributed by atoms with E-state index in [1.165, 1.54) is 17.0 Å². The summed E-state index contributed by atoms with van der Waals surface area (Å²) in [5, 5.41) is 2.89. The van der Waals surface area contributed by atoms with E-state index in [4.69, 9.17) is 11.6 Å². The second kappa shape index (κ2) is 9.51. The van der Waals surface area contributed by atoms with Gasteiger partial charge in [-0.05, 0) is 35.9 Å². The number of anilines is 2. The fourth-order valence-electron chi connectivity index (χ4n) is 4.37. The Kier molecular flexibility index (Phi) is 6.30. The Morgan fingerprint density at radius 2 is 1.82 bits per heavy atom. The Balaban J connectivity index is 1.18. The number of fused-ring (bicyclic) bond motifs is 1. The molecule has 2 amide bonds.